The minimum atomic E-state index is -0.781. The molecule has 0 radical (unpaired) electrons. The molecule has 114 valence electrons. The summed E-state index contributed by atoms with van der Waals surface area (Å²) in [6.45, 7) is 4.33. The number of aromatic nitrogens is 1. The summed E-state index contributed by atoms with van der Waals surface area (Å²) < 4.78 is 0. The van der Waals surface area contributed by atoms with Gasteiger partial charge >= 0.3 is 5.97 Å². The van der Waals surface area contributed by atoms with E-state index in [9.17, 15) is 4.79 Å². The number of hydrogen-bond donors (Lipinski definition) is 1. The molecule has 0 fully saturated rings. The van der Waals surface area contributed by atoms with Gasteiger partial charge in [-0.25, -0.2) is 0 Å². The van der Waals surface area contributed by atoms with Gasteiger partial charge in [0, 0.05) is 24.4 Å². The predicted molar refractivity (Wildman–Crippen MR) is 88.7 cm³/mol. The maximum atomic E-state index is 10.7. The highest BCUT2D eigenvalue weighted by atomic mass is 16.4. The second-order valence-corrected chi connectivity index (χ2v) is 5.57. The minimum Gasteiger partial charge on any atom is -0.481 e. The number of allylic oxidation sites excluding steroid dienone is 1. The first-order valence-electron chi connectivity index (χ1n) is 7.50. The van der Waals surface area contributed by atoms with E-state index in [2.05, 4.69) is 43.1 Å². The Morgan fingerprint density at radius 2 is 1.91 bits per heavy atom. The van der Waals surface area contributed by atoms with Crippen molar-refractivity contribution in [2.45, 2.75) is 32.6 Å². The first kappa shape index (κ1) is 16.0. The Balaban J connectivity index is 2.33. The Morgan fingerprint density at radius 1 is 1.18 bits per heavy atom. The first-order valence-corrected chi connectivity index (χ1v) is 7.50. The molecule has 3 nitrogen and oxygen atoms in total. The van der Waals surface area contributed by atoms with Crippen molar-refractivity contribution >= 4 is 11.5 Å². The standard InChI is InChI=1S/C19H21NO2/c1-14(2)15-8-10-16(11-9-15)18(6-3-7-19(21)22)17-5-4-12-20-13-17/h4-6,8-14H,3,7H2,1-2H3,(H,21,22)/b18-6+. The molecule has 0 bridgehead atoms. The van der Waals surface area contributed by atoms with Gasteiger partial charge in [-0.3, -0.25) is 9.78 Å². The molecule has 1 aromatic carbocycles. The van der Waals surface area contributed by atoms with Crippen LogP contribution in [0.4, 0.5) is 0 Å². The summed E-state index contributed by atoms with van der Waals surface area (Å²) >= 11 is 0. The molecule has 0 aliphatic rings. The zero-order valence-electron chi connectivity index (χ0n) is 13.0. The van der Waals surface area contributed by atoms with Crippen LogP contribution in [-0.4, -0.2) is 16.1 Å². The fourth-order valence-corrected chi connectivity index (χ4v) is 2.31. The molecular weight excluding hydrogens is 274 g/mol. The zero-order chi connectivity index (χ0) is 15.9. The maximum absolute atomic E-state index is 10.7. The summed E-state index contributed by atoms with van der Waals surface area (Å²) in [5, 5.41) is 8.82. The molecule has 2 aromatic rings. The van der Waals surface area contributed by atoms with Gasteiger partial charge in [-0.1, -0.05) is 50.3 Å². The van der Waals surface area contributed by atoms with Crippen LogP contribution in [0, 0.1) is 0 Å². The van der Waals surface area contributed by atoms with Crippen molar-refractivity contribution in [3.8, 4) is 0 Å². The highest BCUT2D eigenvalue weighted by Crippen LogP contribution is 2.25. The third-order valence-electron chi connectivity index (χ3n) is 3.57. The van der Waals surface area contributed by atoms with Gasteiger partial charge in [0.2, 0.25) is 0 Å². The highest BCUT2D eigenvalue weighted by molar-refractivity contribution is 5.79. The molecule has 2 rings (SSSR count). The van der Waals surface area contributed by atoms with Crippen molar-refractivity contribution in [2.24, 2.45) is 0 Å². The van der Waals surface area contributed by atoms with E-state index in [1.807, 2.05) is 24.4 Å². The summed E-state index contributed by atoms with van der Waals surface area (Å²) in [6, 6.07) is 12.3. The number of hydrogen-bond acceptors (Lipinski definition) is 2. The van der Waals surface area contributed by atoms with E-state index >= 15 is 0 Å². The van der Waals surface area contributed by atoms with Gasteiger partial charge in [0.1, 0.15) is 0 Å². The minimum absolute atomic E-state index is 0.133. The van der Waals surface area contributed by atoms with E-state index in [1.54, 1.807) is 6.20 Å². The number of carboxylic acids is 1. The highest BCUT2D eigenvalue weighted by Gasteiger charge is 2.07. The SMILES string of the molecule is CC(C)c1ccc(/C(=C\CCC(=O)O)c2cccnc2)cc1. The van der Waals surface area contributed by atoms with Gasteiger partial charge in [0.15, 0.2) is 0 Å². The average molecular weight is 295 g/mol. The third kappa shape index (κ3) is 4.29. The van der Waals surface area contributed by atoms with Crippen molar-refractivity contribution < 1.29 is 9.90 Å². The number of benzene rings is 1. The number of carbonyl (C=O) groups is 1. The van der Waals surface area contributed by atoms with Gasteiger partial charge in [-0.2, -0.15) is 0 Å². The van der Waals surface area contributed by atoms with E-state index in [0.29, 0.717) is 12.3 Å². The molecule has 0 aliphatic carbocycles. The lowest BCUT2D eigenvalue weighted by molar-refractivity contribution is -0.136. The quantitative estimate of drug-likeness (QED) is 0.853. The fraction of sp³-hybridized carbons (Fsp3) is 0.263. The largest absolute Gasteiger partial charge is 0.481 e. The van der Waals surface area contributed by atoms with Crippen molar-refractivity contribution in [1.29, 1.82) is 0 Å². The predicted octanol–water partition coefficient (Wildman–Crippen LogP) is 4.50. The van der Waals surface area contributed by atoms with Gasteiger partial charge in [0.05, 0.1) is 0 Å². The number of pyridine rings is 1. The molecule has 0 aliphatic heterocycles. The van der Waals surface area contributed by atoms with Crippen LogP contribution in [0.1, 0.15) is 49.3 Å². The molecule has 3 heteroatoms. The Bertz CT molecular complexity index is 643. The molecule has 0 saturated carbocycles. The van der Waals surface area contributed by atoms with Crippen LogP contribution in [0.2, 0.25) is 0 Å². The Kier molecular flexibility index (Phi) is 5.48. The summed E-state index contributed by atoms with van der Waals surface area (Å²) in [4.78, 5) is 14.9. The summed E-state index contributed by atoms with van der Waals surface area (Å²) in [6.07, 6.45) is 6.16. The molecule has 0 amide bonds. The van der Waals surface area contributed by atoms with Crippen molar-refractivity contribution in [1.82, 2.24) is 4.98 Å². The lowest BCUT2D eigenvalue weighted by Gasteiger charge is -2.11. The summed E-state index contributed by atoms with van der Waals surface area (Å²) in [5.74, 6) is -0.288. The lowest BCUT2D eigenvalue weighted by Crippen LogP contribution is -1.95. The molecule has 22 heavy (non-hydrogen) atoms. The van der Waals surface area contributed by atoms with Crippen LogP contribution in [0.3, 0.4) is 0 Å². The zero-order valence-corrected chi connectivity index (χ0v) is 13.0. The third-order valence-corrected chi connectivity index (χ3v) is 3.57. The normalized spacial score (nSPS) is 11.7. The van der Waals surface area contributed by atoms with Gasteiger partial charge < -0.3 is 5.11 Å². The molecule has 0 saturated heterocycles. The molecule has 1 aromatic heterocycles. The second-order valence-electron chi connectivity index (χ2n) is 5.57. The van der Waals surface area contributed by atoms with Crippen LogP contribution >= 0.6 is 0 Å². The number of aliphatic carboxylic acids is 1. The molecule has 0 spiro atoms. The van der Waals surface area contributed by atoms with Gasteiger partial charge in [-0.15, -0.1) is 0 Å². The average Bonchev–Trinajstić information content (AvgIpc) is 2.52. The number of rotatable bonds is 6. The Labute approximate surface area is 131 Å². The van der Waals surface area contributed by atoms with Gasteiger partial charge in [-0.05, 0) is 35.1 Å². The van der Waals surface area contributed by atoms with E-state index in [4.69, 9.17) is 5.11 Å². The maximum Gasteiger partial charge on any atom is 0.303 e. The van der Waals surface area contributed by atoms with Crippen molar-refractivity contribution in [3.63, 3.8) is 0 Å². The van der Waals surface area contributed by atoms with Crippen LogP contribution in [-0.2, 0) is 4.79 Å². The van der Waals surface area contributed by atoms with Gasteiger partial charge in [0.25, 0.3) is 0 Å². The topological polar surface area (TPSA) is 50.2 Å². The van der Waals surface area contributed by atoms with E-state index in [-0.39, 0.29) is 6.42 Å². The van der Waals surface area contributed by atoms with Crippen LogP contribution in [0.15, 0.2) is 54.9 Å². The Morgan fingerprint density at radius 3 is 2.45 bits per heavy atom. The smallest absolute Gasteiger partial charge is 0.303 e. The molecule has 0 atom stereocenters. The molecule has 0 unspecified atom stereocenters. The number of nitrogens with zero attached hydrogens (tertiary/aromatic N) is 1. The monoisotopic (exact) mass is 295 g/mol. The second kappa shape index (κ2) is 7.55. The molecular formula is C19H21NO2. The summed E-state index contributed by atoms with van der Waals surface area (Å²) in [5.41, 5.74) is 4.41. The van der Waals surface area contributed by atoms with E-state index in [1.165, 1.54) is 5.56 Å². The van der Waals surface area contributed by atoms with Crippen LogP contribution < -0.4 is 0 Å². The van der Waals surface area contributed by atoms with Crippen molar-refractivity contribution in [2.75, 3.05) is 0 Å². The summed E-state index contributed by atoms with van der Waals surface area (Å²) in [7, 11) is 0. The molecule has 1 N–H and O–H groups in total. The number of carboxylic acid groups (broad SMARTS) is 1. The van der Waals surface area contributed by atoms with Crippen molar-refractivity contribution in [3.05, 3.63) is 71.6 Å². The van der Waals surface area contributed by atoms with E-state index in [0.717, 1.165) is 16.7 Å². The van der Waals surface area contributed by atoms with Crippen LogP contribution in [0.25, 0.3) is 5.57 Å². The molecule has 1 heterocycles. The first-order chi connectivity index (χ1) is 10.6. The lowest BCUT2D eigenvalue weighted by atomic mass is 9.94. The fourth-order valence-electron chi connectivity index (χ4n) is 2.31. The van der Waals surface area contributed by atoms with Crippen LogP contribution in [0.5, 0.6) is 0 Å². The van der Waals surface area contributed by atoms with E-state index < -0.39 is 5.97 Å². The Hall–Kier alpha value is -2.42.